The normalized spacial score (nSPS) is 9.18. The highest BCUT2D eigenvalue weighted by molar-refractivity contribution is 5.94. The van der Waals surface area contributed by atoms with Gasteiger partial charge in [0.25, 0.3) is 5.91 Å². The van der Waals surface area contributed by atoms with Gasteiger partial charge in [-0.1, -0.05) is 0 Å². The van der Waals surface area contributed by atoms with Gasteiger partial charge >= 0.3 is 6.03 Å². The van der Waals surface area contributed by atoms with E-state index in [-0.39, 0.29) is 11.3 Å². The summed E-state index contributed by atoms with van der Waals surface area (Å²) in [4.78, 5) is 21.2. The van der Waals surface area contributed by atoms with E-state index in [9.17, 15) is 14.0 Å². The van der Waals surface area contributed by atoms with E-state index in [0.717, 1.165) is 6.07 Å². The number of hydrogen-bond acceptors (Lipinski definition) is 4. The first-order chi connectivity index (χ1) is 8.02. The molecule has 6 nitrogen and oxygen atoms in total. The maximum atomic E-state index is 13.1. The van der Waals surface area contributed by atoms with E-state index in [1.54, 1.807) is 11.4 Å². The Bertz CT molecular complexity index is 496. The molecule has 1 aromatic carbocycles. The highest BCUT2D eigenvalue weighted by Gasteiger charge is 2.07. The summed E-state index contributed by atoms with van der Waals surface area (Å²) in [5, 5.41) is 10.3. The number of benzene rings is 1. The van der Waals surface area contributed by atoms with Crippen LogP contribution in [0.25, 0.3) is 0 Å². The van der Waals surface area contributed by atoms with Crippen molar-refractivity contribution in [2.75, 3.05) is 6.61 Å². The van der Waals surface area contributed by atoms with E-state index in [1.807, 2.05) is 0 Å². The lowest BCUT2D eigenvalue weighted by molar-refractivity contribution is -0.121. The van der Waals surface area contributed by atoms with Crippen molar-refractivity contribution in [3.8, 4) is 11.8 Å². The molecule has 3 amide bonds. The first kappa shape index (κ1) is 12.4. The minimum atomic E-state index is -0.996. The molecule has 0 aliphatic carbocycles. The fourth-order valence-corrected chi connectivity index (χ4v) is 0.999. The molecule has 0 saturated heterocycles. The van der Waals surface area contributed by atoms with Gasteiger partial charge in [-0.25, -0.2) is 9.18 Å². The van der Waals surface area contributed by atoms with Crippen LogP contribution in [-0.4, -0.2) is 18.5 Å². The van der Waals surface area contributed by atoms with Crippen LogP contribution in [0.15, 0.2) is 18.2 Å². The molecular weight excluding hydrogens is 229 g/mol. The molecule has 0 aromatic heterocycles. The van der Waals surface area contributed by atoms with E-state index in [2.05, 4.69) is 0 Å². The number of imide groups is 1. The molecule has 0 fully saturated rings. The number of carbonyl (C=O) groups is 2. The van der Waals surface area contributed by atoms with E-state index >= 15 is 0 Å². The lowest BCUT2D eigenvalue weighted by Gasteiger charge is -2.05. The van der Waals surface area contributed by atoms with Crippen LogP contribution in [0, 0.1) is 17.1 Å². The Labute approximate surface area is 95.8 Å². The largest absolute Gasteiger partial charge is 0.484 e. The number of carbonyl (C=O) groups excluding carboxylic acids is 2. The minimum absolute atomic E-state index is 0.0705. The van der Waals surface area contributed by atoms with Crippen molar-refractivity contribution < 1.29 is 18.7 Å². The van der Waals surface area contributed by atoms with Crippen molar-refractivity contribution in [2.24, 2.45) is 5.73 Å². The second-order valence-electron chi connectivity index (χ2n) is 2.95. The zero-order valence-corrected chi connectivity index (χ0v) is 8.57. The maximum Gasteiger partial charge on any atom is 0.318 e. The van der Waals surface area contributed by atoms with Gasteiger partial charge in [0, 0.05) is 6.07 Å². The Balaban J connectivity index is 2.59. The Morgan fingerprint density at radius 3 is 2.76 bits per heavy atom. The Hall–Kier alpha value is -2.62. The van der Waals surface area contributed by atoms with Gasteiger partial charge in [0.15, 0.2) is 6.61 Å². The summed E-state index contributed by atoms with van der Waals surface area (Å²) in [6.45, 7) is -0.478. The summed E-state index contributed by atoms with van der Waals surface area (Å²) in [7, 11) is 0. The fourth-order valence-electron chi connectivity index (χ4n) is 0.999. The van der Waals surface area contributed by atoms with Crippen molar-refractivity contribution in [3.05, 3.63) is 29.6 Å². The quantitative estimate of drug-likeness (QED) is 0.787. The third-order valence-corrected chi connectivity index (χ3v) is 1.69. The second kappa shape index (κ2) is 5.46. The van der Waals surface area contributed by atoms with E-state index in [1.165, 1.54) is 12.1 Å². The molecule has 0 bridgehead atoms. The first-order valence-corrected chi connectivity index (χ1v) is 4.44. The predicted molar refractivity (Wildman–Crippen MR) is 54.3 cm³/mol. The molecule has 0 unspecified atom stereocenters. The zero-order valence-electron chi connectivity index (χ0n) is 8.57. The number of halogens is 1. The third-order valence-electron chi connectivity index (χ3n) is 1.69. The Morgan fingerprint density at radius 1 is 1.53 bits per heavy atom. The molecule has 0 atom stereocenters. The lowest BCUT2D eigenvalue weighted by atomic mass is 10.2. The molecule has 7 heteroatoms. The van der Waals surface area contributed by atoms with Crippen LogP contribution >= 0.6 is 0 Å². The number of rotatable bonds is 3. The van der Waals surface area contributed by atoms with Gasteiger partial charge in [0.1, 0.15) is 17.6 Å². The van der Waals surface area contributed by atoms with Crippen molar-refractivity contribution >= 4 is 11.9 Å². The van der Waals surface area contributed by atoms with Gasteiger partial charge in [0.05, 0.1) is 5.56 Å². The van der Waals surface area contributed by atoms with Crippen molar-refractivity contribution in [1.29, 1.82) is 5.26 Å². The summed E-state index contributed by atoms with van der Waals surface area (Å²) in [6, 6.07) is 4.17. The molecule has 1 aromatic rings. The molecule has 88 valence electrons. The minimum Gasteiger partial charge on any atom is -0.484 e. The molecule has 0 spiro atoms. The number of ether oxygens (including phenoxy) is 1. The standard InChI is InChI=1S/C10H8FN3O3/c11-8-3-7(2-1-6(8)4-12)17-5-9(15)14-10(13)16/h1-3H,5H2,(H3,13,14,15,16). The van der Waals surface area contributed by atoms with E-state index in [4.69, 9.17) is 15.7 Å². The number of nitrogens with two attached hydrogens (primary N) is 1. The number of urea groups is 1. The second-order valence-corrected chi connectivity index (χ2v) is 2.95. The number of nitriles is 1. The molecule has 0 saturated carbocycles. The smallest absolute Gasteiger partial charge is 0.318 e. The number of primary amides is 1. The molecular formula is C10H8FN3O3. The van der Waals surface area contributed by atoms with Gasteiger partial charge in [-0.2, -0.15) is 5.26 Å². The highest BCUT2D eigenvalue weighted by Crippen LogP contribution is 2.15. The van der Waals surface area contributed by atoms with E-state index in [0.29, 0.717) is 0 Å². The summed E-state index contributed by atoms with van der Waals surface area (Å²) in [5.41, 5.74) is 4.58. The summed E-state index contributed by atoms with van der Waals surface area (Å²) >= 11 is 0. The number of amides is 3. The molecule has 0 radical (unpaired) electrons. The van der Waals surface area contributed by atoms with E-state index < -0.39 is 24.4 Å². The van der Waals surface area contributed by atoms with Crippen molar-refractivity contribution in [1.82, 2.24) is 5.32 Å². The maximum absolute atomic E-state index is 13.1. The summed E-state index contributed by atoms with van der Waals surface area (Å²) in [5.74, 6) is -1.43. The zero-order chi connectivity index (χ0) is 12.8. The highest BCUT2D eigenvalue weighted by atomic mass is 19.1. The predicted octanol–water partition coefficient (Wildman–Crippen LogP) is 0.271. The van der Waals surface area contributed by atoms with Crippen LogP contribution in [-0.2, 0) is 4.79 Å². The lowest BCUT2D eigenvalue weighted by Crippen LogP contribution is -2.38. The molecule has 3 N–H and O–H groups in total. The summed E-state index contributed by atoms with van der Waals surface area (Å²) < 4.78 is 18.0. The van der Waals surface area contributed by atoms with Gasteiger partial charge in [-0.3, -0.25) is 10.1 Å². The molecule has 0 aliphatic rings. The fraction of sp³-hybridized carbons (Fsp3) is 0.100. The van der Waals surface area contributed by atoms with Gasteiger partial charge < -0.3 is 10.5 Å². The van der Waals surface area contributed by atoms with Crippen LogP contribution < -0.4 is 15.8 Å². The average Bonchev–Trinajstić information content (AvgIpc) is 2.25. The first-order valence-electron chi connectivity index (χ1n) is 4.44. The van der Waals surface area contributed by atoms with Gasteiger partial charge in [-0.05, 0) is 12.1 Å². The van der Waals surface area contributed by atoms with Crippen LogP contribution in [0.4, 0.5) is 9.18 Å². The Morgan fingerprint density at radius 2 is 2.24 bits per heavy atom. The number of nitrogens with one attached hydrogen (secondary N) is 1. The topological polar surface area (TPSA) is 105 Å². The van der Waals surface area contributed by atoms with Crippen LogP contribution in [0.3, 0.4) is 0 Å². The van der Waals surface area contributed by atoms with Crippen LogP contribution in [0.2, 0.25) is 0 Å². The summed E-state index contributed by atoms with van der Waals surface area (Å²) in [6.07, 6.45) is 0. The molecule has 1 rings (SSSR count). The van der Waals surface area contributed by atoms with Crippen molar-refractivity contribution in [2.45, 2.75) is 0 Å². The molecule has 0 heterocycles. The number of nitrogens with zero attached hydrogens (tertiary/aromatic N) is 1. The Kier molecular flexibility index (Phi) is 4.00. The van der Waals surface area contributed by atoms with Gasteiger partial charge in [0.2, 0.25) is 0 Å². The molecule has 17 heavy (non-hydrogen) atoms. The van der Waals surface area contributed by atoms with Gasteiger partial charge in [-0.15, -0.1) is 0 Å². The molecule has 0 aliphatic heterocycles. The van der Waals surface area contributed by atoms with Crippen molar-refractivity contribution in [3.63, 3.8) is 0 Å². The third kappa shape index (κ3) is 3.79. The average molecular weight is 237 g/mol. The van der Waals surface area contributed by atoms with Crippen LogP contribution in [0.5, 0.6) is 5.75 Å². The number of hydrogen-bond donors (Lipinski definition) is 2. The monoisotopic (exact) mass is 237 g/mol. The van der Waals surface area contributed by atoms with Crippen LogP contribution in [0.1, 0.15) is 5.56 Å². The SMILES string of the molecule is N#Cc1ccc(OCC(=O)NC(N)=O)cc1F.